The predicted molar refractivity (Wildman–Crippen MR) is 94.2 cm³/mol. The van der Waals surface area contributed by atoms with Crippen molar-refractivity contribution >= 4 is 39.7 Å². The van der Waals surface area contributed by atoms with E-state index < -0.39 is 11.5 Å². The zero-order chi connectivity index (χ0) is 16.7. The van der Waals surface area contributed by atoms with Crippen LogP contribution in [0.3, 0.4) is 0 Å². The number of carbonyl (C=O) groups is 2. The van der Waals surface area contributed by atoms with Crippen LogP contribution in [0, 0.1) is 12.8 Å². The van der Waals surface area contributed by atoms with Crippen LogP contribution < -0.4 is 5.32 Å². The first-order chi connectivity index (χ1) is 11.6. The number of carbonyl (C=O) groups excluding carboxylic acids is 2. The predicted octanol–water partition coefficient (Wildman–Crippen LogP) is 3.99. The highest BCUT2D eigenvalue weighted by molar-refractivity contribution is 7.17. The lowest BCUT2D eigenvalue weighted by Crippen LogP contribution is -2.39. The van der Waals surface area contributed by atoms with Crippen molar-refractivity contribution < 1.29 is 14.3 Å². The van der Waals surface area contributed by atoms with E-state index in [2.05, 4.69) is 23.3 Å². The molecular weight excluding hydrogens is 344 g/mol. The van der Waals surface area contributed by atoms with Gasteiger partial charge in [0.1, 0.15) is 5.60 Å². The zero-order valence-electron chi connectivity index (χ0n) is 13.3. The van der Waals surface area contributed by atoms with Gasteiger partial charge in [0.2, 0.25) is 5.91 Å². The van der Waals surface area contributed by atoms with Crippen LogP contribution in [0.4, 0.5) is 5.13 Å². The van der Waals surface area contributed by atoms with E-state index in [1.54, 1.807) is 11.3 Å². The second-order valence-electron chi connectivity index (χ2n) is 6.44. The van der Waals surface area contributed by atoms with Crippen molar-refractivity contribution in [2.45, 2.75) is 44.6 Å². The van der Waals surface area contributed by atoms with Gasteiger partial charge in [0.05, 0.1) is 22.9 Å². The van der Waals surface area contributed by atoms with Gasteiger partial charge in [-0.2, -0.15) is 0 Å². The third-order valence-corrected chi connectivity index (χ3v) is 6.60. The molecule has 1 amide bonds. The Hall–Kier alpha value is -1.73. The number of aromatic nitrogens is 1. The topological polar surface area (TPSA) is 68.3 Å². The lowest BCUT2D eigenvalue weighted by molar-refractivity contribution is -0.149. The number of amides is 1. The van der Waals surface area contributed by atoms with Crippen molar-refractivity contribution in [3.8, 4) is 10.6 Å². The average Bonchev–Trinajstić information content (AvgIpc) is 3.29. The van der Waals surface area contributed by atoms with Crippen LogP contribution in [-0.2, 0) is 14.3 Å². The summed E-state index contributed by atoms with van der Waals surface area (Å²) in [6, 6.07) is 4.10. The van der Waals surface area contributed by atoms with Gasteiger partial charge in [-0.1, -0.05) is 0 Å². The van der Waals surface area contributed by atoms with Gasteiger partial charge in [-0.05, 0) is 44.7 Å². The largest absolute Gasteiger partial charge is 0.458 e. The Labute approximate surface area is 148 Å². The van der Waals surface area contributed by atoms with Crippen LogP contribution >= 0.6 is 22.7 Å². The number of anilines is 1. The SMILES string of the molecule is Cc1ccc(-c2csc(NC(=O)C3CC(=O)OC34CCCC4)n2)s1. The van der Waals surface area contributed by atoms with Crippen molar-refractivity contribution in [1.82, 2.24) is 4.98 Å². The summed E-state index contributed by atoms with van der Waals surface area (Å²) in [5.41, 5.74) is 0.300. The quantitative estimate of drug-likeness (QED) is 0.838. The van der Waals surface area contributed by atoms with Gasteiger partial charge in [0.25, 0.3) is 0 Å². The molecule has 2 fully saturated rings. The van der Waals surface area contributed by atoms with Crippen LogP contribution in [0.2, 0.25) is 0 Å². The normalized spacial score (nSPS) is 22.0. The van der Waals surface area contributed by atoms with E-state index in [0.29, 0.717) is 5.13 Å². The van der Waals surface area contributed by atoms with Crippen molar-refractivity contribution in [1.29, 1.82) is 0 Å². The van der Waals surface area contributed by atoms with Gasteiger partial charge in [0.15, 0.2) is 5.13 Å². The number of aryl methyl sites for hydroxylation is 1. The summed E-state index contributed by atoms with van der Waals surface area (Å²) >= 11 is 3.09. The summed E-state index contributed by atoms with van der Waals surface area (Å²) in [4.78, 5) is 31.3. The van der Waals surface area contributed by atoms with E-state index in [9.17, 15) is 9.59 Å². The van der Waals surface area contributed by atoms with Crippen molar-refractivity contribution in [2.24, 2.45) is 5.92 Å². The van der Waals surface area contributed by atoms with Crippen LogP contribution in [0.1, 0.15) is 37.0 Å². The number of thiophene rings is 1. The number of hydrogen-bond acceptors (Lipinski definition) is 6. The molecule has 2 aromatic rings. The molecule has 4 rings (SSSR count). The minimum absolute atomic E-state index is 0.147. The molecule has 1 saturated heterocycles. The molecule has 1 spiro atoms. The molecule has 126 valence electrons. The number of ether oxygens (including phenoxy) is 1. The molecule has 1 atom stereocenters. The number of nitrogens with zero attached hydrogens (tertiary/aromatic N) is 1. The Bertz CT molecular complexity index is 789. The van der Waals surface area contributed by atoms with Crippen LogP contribution in [0.5, 0.6) is 0 Å². The molecule has 2 aliphatic rings. The molecule has 1 unspecified atom stereocenters. The molecule has 0 aromatic carbocycles. The van der Waals surface area contributed by atoms with Gasteiger partial charge in [-0.3, -0.25) is 9.59 Å². The third kappa shape index (κ3) is 2.75. The summed E-state index contributed by atoms with van der Waals surface area (Å²) in [6.07, 6.45) is 3.77. The molecule has 0 bridgehead atoms. The monoisotopic (exact) mass is 362 g/mol. The summed E-state index contributed by atoms with van der Waals surface area (Å²) in [6.45, 7) is 2.06. The highest BCUT2D eigenvalue weighted by atomic mass is 32.1. The van der Waals surface area contributed by atoms with Gasteiger partial charge in [-0.15, -0.1) is 22.7 Å². The molecule has 5 nitrogen and oxygen atoms in total. The molecule has 1 N–H and O–H groups in total. The Kier molecular flexibility index (Phi) is 3.92. The first kappa shape index (κ1) is 15.8. The van der Waals surface area contributed by atoms with E-state index >= 15 is 0 Å². The van der Waals surface area contributed by atoms with E-state index in [1.165, 1.54) is 16.2 Å². The standard InChI is InChI=1S/C17H18N2O3S2/c1-10-4-5-13(24-10)12-9-23-16(18-12)19-15(21)11-8-14(20)22-17(11)6-2-3-7-17/h4-5,9,11H,2-3,6-8H2,1H3,(H,18,19,21). The lowest BCUT2D eigenvalue weighted by Gasteiger charge is -2.27. The van der Waals surface area contributed by atoms with Gasteiger partial charge < -0.3 is 10.1 Å². The van der Waals surface area contributed by atoms with Gasteiger partial charge >= 0.3 is 5.97 Å². The first-order valence-corrected chi connectivity index (χ1v) is 9.80. The first-order valence-electron chi connectivity index (χ1n) is 8.11. The number of esters is 1. The molecule has 0 radical (unpaired) electrons. The minimum atomic E-state index is -0.577. The Morgan fingerprint density at radius 1 is 1.38 bits per heavy atom. The molecule has 1 aliphatic carbocycles. The number of thiazole rings is 1. The van der Waals surface area contributed by atoms with E-state index in [0.717, 1.165) is 36.3 Å². The van der Waals surface area contributed by atoms with Crippen molar-refractivity contribution in [2.75, 3.05) is 5.32 Å². The Morgan fingerprint density at radius 2 is 2.17 bits per heavy atom. The maximum Gasteiger partial charge on any atom is 0.307 e. The van der Waals surface area contributed by atoms with Gasteiger partial charge in [0, 0.05) is 10.3 Å². The van der Waals surface area contributed by atoms with Gasteiger partial charge in [-0.25, -0.2) is 4.98 Å². The highest BCUT2D eigenvalue weighted by Crippen LogP contribution is 2.46. The molecule has 2 aromatic heterocycles. The van der Waals surface area contributed by atoms with E-state index in [1.807, 2.05) is 11.4 Å². The molecule has 1 saturated carbocycles. The van der Waals surface area contributed by atoms with Crippen LogP contribution in [-0.4, -0.2) is 22.5 Å². The summed E-state index contributed by atoms with van der Waals surface area (Å²) in [5.74, 6) is -0.805. The maximum atomic E-state index is 12.7. The summed E-state index contributed by atoms with van der Waals surface area (Å²) in [7, 11) is 0. The summed E-state index contributed by atoms with van der Waals surface area (Å²) < 4.78 is 5.54. The molecule has 1 aliphatic heterocycles. The van der Waals surface area contributed by atoms with Crippen LogP contribution in [0.25, 0.3) is 10.6 Å². The number of rotatable bonds is 3. The summed E-state index contributed by atoms with van der Waals surface area (Å²) in [5, 5.41) is 5.42. The zero-order valence-corrected chi connectivity index (χ0v) is 15.0. The lowest BCUT2D eigenvalue weighted by atomic mass is 9.85. The van der Waals surface area contributed by atoms with E-state index in [4.69, 9.17) is 4.74 Å². The van der Waals surface area contributed by atoms with Crippen molar-refractivity contribution in [3.63, 3.8) is 0 Å². The fraction of sp³-hybridized carbons (Fsp3) is 0.471. The Morgan fingerprint density at radius 3 is 2.88 bits per heavy atom. The second kappa shape index (κ2) is 5.97. The minimum Gasteiger partial charge on any atom is -0.458 e. The smallest absolute Gasteiger partial charge is 0.307 e. The molecule has 3 heterocycles. The molecule has 24 heavy (non-hydrogen) atoms. The maximum absolute atomic E-state index is 12.7. The van der Waals surface area contributed by atoms with E-state index in [-0.39, 0.29) is 18.3 Å². The fourth-order valence-corrected chi connectivity index (χ4v) is 5.27. The van der Waals surface area contributed by atoms with Crippen molar-refractivity contribution in [3.05, 3.63) is 22.4 Å². The average molecular weight is 362 g/mol. The second-order valence-corrected chi connectivity index (χ2v) is 8.59. The molecular formula is C17H18N2O3S2. The third-order valence-electron chi connectivity index (χ3n) is 4.82. The fourth-order valence-electron chi connectivity index (χ4n) is 3.66. The Balaban J connectivity index is 1.50. The highest BCUT2D eigenvalue weighted by Gasteiger charge is 2.54. The number of nitrogens with one attached hydrogen (secondary N) is 1. The van der Waals surface area contributed by atoms with Crippen LogP contribution in [0.15, 0.2) is 17.5 Å². The molecule has 7 heteroatoms. The number of hydrogen-bond donors (Lipinski definition) is 1.